The van der Waals surface area contributed by atoms with E-state index in [1.807, 2.05) is 13.8 Å². The predicted octanol–water partition coefficient (Wildman–Crippen LogP) is 4.81. The number of rotatable bonds is 4. The predicted molar refractivity (Wildman–Crippen MR) is 108 cm³/mol. The first-order chi connectivity index (χ1) is 14.7. The number of aromatic nitrogens is 3. The number of nitrogens with zero attached hydrogens (tertiary/aromatic N) is 4. The SMILES string of the molecule is CCc1onc(C)c1C(=O)N1CCCC[C@@H]1c1cc2n(n1)[C@@H](C(F)(F)F)C[C@@H](CC)N2. The van der Waals surface area contributed by atoms with Crippen LogP contribution in [0, 0.1) is 6.92 Å². The van der Waals surface area contributed by atoms with E-state index >= 15 is 0 Å². The van der Waals surface area contributed by atoms with E-state index in [4.69, 9.17) is 4.52 Å². The molecular weight excluding hydrogens is 411 g/mol. The highest BCUT2D eigenvalue weighted by Crippen LogP contribution is 2.42. The molecule has 0 saturated carbocycles. The Bertz CT molecular complexity index is 951. The Labute approximate surface area is 178 Å². The lowest BCUT2D eigenvalue weighted by molar-refractivity contribution is -0.173. The molecule has 2 aliphatic heterocycles. The summed E-state index contributed by atoms with van der Waals surface area (Å²) in [5.41, 5.74) is 1.48. The van der Waals surface area contributed by atoms with Gasteiger partial charge in [-0.2, -0.15) is 18.3 Å². The molecule has 1 amide bonds. The number of piperidine rings is 1. The average Bonchev–Trinajstić information content (AvgIpc) is 3.34. The van der Waals surface area contributed by atoms with Gasteiger partial charge in [0.2, 0.25) is 0 Å². The summed E-state index contributed by atoms with van der Waals surface area (Å²) in [5.74, 6) is 0.697. The molecule has 1 fully saturated rings. The van der Waals surface area contributed by atoms with E-state index in [0.29, 0.717) is 54.3 Å². The maximum absolute atomic E-state index is 13.7. The maximum atomic E-state index is 13.7. The lowest BCUT2D eigenvalue weighted by Crippen LogP contribution is -2.40. The highest BCUT2D eigenvalue weighted by atomic mass is 19.4. The zero-order valence-electron chi connectivity index (χ0n) is 18.0. The number of carbonyl (C=O) groups excluding carboxylic acids is 1. The van der Waals surface area contributed by atoms with Crippen LogP contribution in [-0.4, -0.2) is 44.5 Å². The van der Waals surface area contributed by atoms with Crippen molar-refractivity contribution in [1.29, 1.82) is 0 Å². The van der Waals surface area contributed by atoms with Gasteiger partial charge in [-0.3, -0.25) is 4.79 Å². The van der Waals surface area contributed by atoms with Crippen molar-refractivity contribution in [2.75, 3.05) is 11.9 Å². The van der Waals surface area contributed by atoms with E-state index in [0.717, 1.165) is 17.5 Å². The van der Waals surface area contributed by atoms with E-state index in [-0.39, 0.29) is 24.4 Å². The molecule has 31 heavy (non-hydrogen) atoms. The third-order valence-corrected chi connectivity index (χ3v) is 6.35. The number of alkyl halides is 3. The summed E-state index contributed by atoms with van der Waals surface area (Å²) in [7, 11) is 0. The standard InChI is InChI=1S/C21H28F3N5O2/c1-4-13-10-17(21(22,23)24)29-18(25-13)11-14(26-29)15-8-6-7-9-28(15)20(30)19-12(3)27-31-16(19)5-2/h11,13,15,17,25H,4-10H2,1-3H3/t13-,15-,17-/m1/s1. The van der Waals surface area contributed by atoms with Gasteiger partial charge in [-0.25, -0.2) is 4.68 Å². The smallest absolute Gasteiger partial charge is 0.367 e. The van der Waals surface area contributed by atoms with E-state index < -0.39 is 12.2 Å². The van der Waals surface area contributed by atoms with Crippen molar-refractivity contribution >= 4 is 11.7 Å². The Morgan fingerprint density at radius 2 is 2.10 bits per heavy atom. The van der Waals surface area contributed by atoms with Gasteiger partial charge < -0.3 is 14.7 Å². The number of amides is 1. The molecule has 1 saturated heterocycles. The van der Waals surface area contributed by atoms with E-state index in [9.17, 15) is 18.0 Å². The minimum Gasteiger partial charge on any atom is -0.367 e. The fourth-order valence-electron chi connectivity index (χ4n) is 4.66. The average molecular weight is 439 g/mol. The van der Waals surface area contributed by atoms with Crippen LogP contribution in [0.2, 0.25) is 0 Å². The van der Waals surface area contributed by atoms with Gasteiger partial charge in [-0.1, -0.05) is 19.0 Å². The molecule has 2 aliphatic rings. The lowest BCUT2D eigenvalue weighted by atomic mass is 9.97. The summed E-state index contributed by atoms with van der Waals surface area (Å²) in [4.78, 5) is 15.1. The van der Waals surface area contributed by atoms with Crippen molar-refractivity contribution in [2.24, 2.45) is 0 Å². The molecule has 4 heterocycles. The van der Waals surface area contributed by atoms with Gasteiger partial charge in [0, 0.05) is 25.1 Å². The second-order valence-electron chi connectivity index (χ2n) is 8.37. The second kappa shape index (κ2) is 8.20. The van der Waals surface area contributed by atoms with Gasteiger partial charge in [0.15, 0.2) is 6.04 Å². The number of hydrogen-bond donors (Lipinski definition) is 1. The van der Waals surface area contributed by atoms with Crippen LogP contribution < -0.4 is 5.32 Å². The Kier molecular flexibility index (Phi) is 5.74. The van der Waals surface area contributed by atoms with Crippen molar-refractivity contribution in [3.8, 4) is 0 Å². The normalized spacial score (nSPS) is 24.1. The van der Waals surface area contributed by atoms with Crippen molar-refractivity contribution in [1.82, 2.24) is 19.8 Å². The number of anilines is 1. The summed E-state index contributed by atoms with van der Waals surface area (Å²) in [6.07, 6.45) is -0.937. The fourth-order valence-corrected chi connectivity index (χ4v) is 4.66. The van der Waals surface area contributed by atoms with Gasteiger partial charge in [0.05, 0.1) is 17.4 Å². The number of carbonyl (C=O) groups is 1. The summed E-state index contributed by atoms with van der Waals surface area (Å²) in [6, 6.07) is -0.631. The highest BCUT2D eigenvalue weighted by molar-refractivity contribution is 5.96. The fraction of sp³-hybridized carbons (Fsp3) is 0.667. The number of nitrogens with one attached hydrogen (secondary N) is 1. The lowest BCUT2D eigenvalue weighted by Gasteiger charge is -2.35. The van der Waals surface area contributed by atoms with Gasteiger partial charge >= 0.3 is 6.18 Å². The number of aryl methyl sites for hydroxylation is 2. The molecule has 1 N–H and O–H groups in total. The molecule has 0 aliphatic carbocycles. The first-order valence-corrected chi connectivity index (χ1v) is 10.9. The number of fused-ring (bicyclic) bond motifs is 1. The molecule has 0 radical (unpaired) electrons. The zero-order valence-corrected chi connectivity index (χ0v) is 18.0. The molecule has 0 bridgehead atoms. The van der Waals surface area contributed by atoms with Crippen LogP contribution in [0.1, 0.15) is 85.5 Å². The monoisotopic (exact) mass is 439 g/mol. The Balaban J connectivity index is 1.69. The largest absolute Gasteiger partial charge is 0.410 e. The number of hydrogen-bond acceptors (Lipinski definition) is 5. The summed E-state index contributed by atoms with van der Waals surface area (Å²) in [5, 5.41) is 11.5. The molecule has 10 heteroatoms. The third kappa shape index (κ3) is 3.92. The van der Waals surface area contributed by atoms with Gasteiger partial charge in [0.25, 0.3) is 5.91 Å². The van der Waals surface area contributed by atoms with Crippen molar-refractivity contribution in [2.45, 2.75) is 83.6 Å². The molecule has 0 spiro atoms. The van der Waals surface area contributed by atoms with Crippen molar-refractivity contribution in [3.63, 3.8) is 0 Å². The van der Waals surface area contributed by atoms with Crippen LogP contribution in [0.25, 0.3) is 0 Å². The minimum absolute atomic E-state index is 0.0544. The summed E-state index contributed by atoms with van der Waals surface area (Å²) < 4.78 is 47.5. The first-order valence-electron chi connectivity index (χ1n) is 10.9. The quantitative estimate of drug-likeness (QED) is 0.740. The van der Waals surface area contributed by atoms with Crippen LogP contribution in [0.3, 0.4) is 0 Å². The molecule has 170 valence electrons. The van der Waals surface area contributed by atoms with E-state index in [1.54, 1.807) is 17.9 Å². The van der Waals surface area contributed by atoms with Crippen LogP contribution in [0.5, 0.6) is 0 Å². The first kappa shape index (κ1) is 21.7. The molecule has 0 unspecified atom stereocenters. The van der Waals surface area contributed by atoms with E-state index in [2.05, 4.69) is 15.6 Å². The van der Waals surface area contributed by atoms with Crippen LogP contribution >= 0.6 is 0 Å². The van der Waals surface area contributed by atoms with Crippen molar-refractivity contribution in [3.05, 3.63) is 28.8 Å². The molecule has 4 rings (SSSR count). The van der Waals surface area contributed by atoms with E-state index in [1.165, 1.54) is 0 Å². The third-order valence-electron chi connectivity index (χ3n) is 6.35. The van der Waals surface area contributed by atoms with Gasteiger partial charge in [-0.15, -0.1) is 0 Å². The van der Waals surface area contributed by atoms with Crippen molar-refractivity contribution < 1.29 is 22.5 Å². The topological polar surface area (TPSA) is 76.2 Å². The van der Waals surface area contributed by atoms with Crippen LogP contribution in [0.4, 0.5) is 19.0 Å². The minimum atomic E-state index is -4.38. The summed E-state index contributed by atoms with van der Waals surface area (Å²) in [6.45, 7) is 6.01. The number of likely N-dealkylation sites (tertiary alicyclic amines) is 1. The van der Waals surface area contributed by atoms with Crippen LogP contribution in [-0.2, 0) is 6.42 Å². The van der Waals surface area contributed by atoms with Gasteiger partial charge in [-0.05, 0) is 39.0 Å². The second-order valence-corrected chi connectivity index (χ2v) is 8.37. The Morgan fingerprint density at radius 1 is 1.32 bits per heavy atom. The maximum Gasteiger partial charge on any atom is 0.410 e. The van der Waals surface area contributed by atoms with Crippen LogP contribution in [0.15, 0.2) is 10.6 Å². The molecular formula is C21H28F3N5O2. The number of halogens is 3. The summed E-state index contributed by atoms with van der Waals surface area (Å²) >= 11 is 0. The Morgan fingerprint density at radius 3 is 2.77 bits per heavy atom. The molecule has 2 aromatic rings. The highest BCUT2D eigenvalue weighted by Gasteiger charge is 2.46. The van der Waals surface area contributed by atoms with Gasteiger partial charge in [0.1, 0.15) is 17.1 Å². The molecule has 2 aromatic heterocycles. The Hall–Kier alpha value is -2.52. The molecule has 0 aromatic carbocycles. The zero-order chi connectivity index (χ0) is 22.3. The molecule has 7 nitrogen and oxygen atoms in total. The molecule has 3 atom stereocenters.